The average molecular weight is 342 g/mol. The number of anilines is 1. The Labute approximate surface area is 123 Å². The first kappa shape index (κ1) is 13.8. The number of aromatic carboxylic acids is 1. The number of benzene rings is 1. The second-order valence-electron chi connectivity index (χ2n) is 3.85. The molecule has 2 rings (SSSR count). The lowest BCUT2D eigenvalue weighted by molar-refractivity contribution is 0.0697. The molecule has 98 valence electrons. The van der Waals surface area contributed by atoms with Crippen LogP contribution in [0, 0.1) is 0 Å². The number of carbonyl (C=O) groups is 1. The zero-order valence-corrected chi connectivity index (χ0v) is 12.1. The lowest BCUT2D eigenvalue weighted by atomic mass is 10.1. The summed E-state index contributed by atoms with van der Waals surface area (Å²) in [5, 5.41) is 12.3. The summed E-state index contributed by atoms with van der Waals surface area (Å²) in [6.45, 7) is 0.539. The Hall–Kier alpha value is -1.59. The predicted octanol–water partition coefficient (Wildman–Crippen LogP) is 3.81. The van der Waals surface area contributed by atoms with Crippen molar-refractivity contribution in [3.05, 3.63) is 57.3 Å². The molecular formula is C13H10BrClN2O2. The molecule has 0 spiro atoms. The third-order valence-electron chi connectivity index (χ3n) is 2.49. The van der Waals surface area contributed by atoms with Gasteiger partial charge in [0.1, 0.15) is 0 Å². The van der Waals surface area contributed by atoms with Gasteiger partial charge in [-0.25, -0.2) is 9.78 Å². The Morgan fingerprint density at radius 3 is 2.68 bits per heavy atom. The van der Waals surface area contributed by atoms with E-state index in [9.17, 15) is 4.79 Å². The molecule has 0 aliphatic heterocycles. The van der Waals surface area contributed by atoms with Crippen molar-refractivity contribution in [2.75, 3.05) is 5.32 Å². The smallest absolute Gasteiger partial charge is 0.335 e. The van der Waals surface area contributed by atoms with Gasteiger partial charge >= 0.3 is 5.97 Å². The molecule has 6 heteroatoms. The van der Waals surface area contributed by atoms with Gasteiger partial charge in [0, 0.05) is 17.2 Å². The Kier molecular flexibility index (Phi) is 4.39. The number of nitrogens with one attached hydrogen (secondary N) is 1. The summed E-state index contributed by atoms with van der Waals surface area (Å²) in [5.41, 5.74) is 1.95. The summed E-state index contributed by atoms with van der Waals surface area (Å²) < 4.78 is 0.834. The van der Waals surface area contributed by atoms with Crippen LogP contribution in [-0.2, 0) is 6.54 Å². The van der Waals surface area contributed by atoms with E-state index in [-0.39, 0.29) is 5.56 Å². The van der Waals surface area contributed by atoms with E-state index in [1.54, 1.807) is 30.5 Å². The highest BCUT2D eigenvalue weighted by Gasteiger charge is 2.04. The molecule has 0 amide bonds. The molecule has 0 aliphatic carbocycles. The van der Waals surface area contributed by atoms with Crippen molar-refractivity contribution in [2.24, 2.45) is 0 Å². The van der Waals surface area contributed by atoms with E-state index in [0.717, 1.165) is 15.7 Å². The molecule has 0 fully saturated rings. The van der Waals surface area contributed by atoms with E-state index in [0.29, 0.717) is 11.7 Å². The molecule has 1 heterocycles. The molecule has 2 aromatic rings. The van der Waals surface area contributed by atoms with Gasteiger partial charge in [-0.3, -0.25) is 0 Å². The van der Waals surface area contributed by atoms with E-state index in [1.165, 1.54) is 0 Å². The number of hydrogen-bond acceptors (Lipinski definition) is 3. The van der Waals surface area contributed by atoms with Gasteiger partial charge < -0.3 is 10.4 Å². The molecule has 2 N–H and O–H groups in total. The fraction of sp³-hybridized carbons (Fsp3) is 0.0769. The Balaban J connectivity index is 2.06. The summed E-state index contributed by atoms with van der Waals surface area (Å²) in [6.07, 6.45) is 1.62. The Bertz CT molecular complexity index is 602. The quantitative estimate of drug-likeness (QED) is 0.830. The van der Waals surface area contributed by atoms with Crippen LogP contribution in [-0.4, -0.2) is 16.1 Å². The molecule has 19 heavy (non-hydrogen) atoms. The van der Waals surface area contributed by atoms with E-state index in [1.807, 2.05) is 6.07 Å². The van der Waals surface area contributed by atoms with Crippen LogP contribution in [0.2, 0.25) is 5.15 Å². The Morgan fingerprint density at radius 2 is 2.05 bits per heavy atom. The van der Waals surface area contributed by atoms with E-state index < -0.39 is 5.97 Å². The number of carboxylic acids is 1. The van der Waals surface area contributed by atoms with Crippen LogP contribution in [0.4, 0.5) is 5.69 Å². The van der Waals surface area contributed by atoms with Crippen LogP contribution in [0.25, 0.3) is 0 Å². The van der Waals surface area contributed by atoms with Crippen LogP contribution in [0.5, 0.6) is 0 Å². The first-order valence-electron chi connectivity index (χ1n) is 5.43. The SMILES string of the molecule is O=C(O)c1ccc(CNc2cc(Br)cnc2Cl)cc1. The average Bonchev–Trinajstić information content (AvgIpc) is 2.40. The maximum absolute atomic E-state index is 10.7. The molecule has 0 aliphatic rings. The van der Waals surface area contributed by atoms with Crippen molar-refractivity contribution >= 4 is 39.2 Å². The minimum Gasteiger partial charge on any atom is -0.478 e. The maximum Gasteiger partial charge on any atom is 0.335 e. The summed E-state index contributed by atoms with van der Waals surface area (Å²) in [6, 6.07) is 8.49. The fourth-order valence-electron chi connectivity index (χ4n) is 1.51. The molecule has 0 saturated carbocycles. The monoisotopic (exact) mass is 340 g/mol. The van der Waals surface area contributed by atoms with E-state index in [2.05, 4.69) is 26.2 Å². The van der Waals surface area contributed by atoms with Crippen molar-refractivity contribution in [1.29, 1.82) is 0 Å². The maximum atomic E-state index is 10.7. The van der Waals surface area contributed by atoms with Gasteiger partial charge in [0.2, 0.25) is 0 Å². The normalized spacial score (nSPS) is 10.2. The lowest BCUT2D eigenvalue weighted by Crippen LogP contribution is -2.02. The fourth-order valence-corrected chi connectivity index (χ4v) is 2.01. The summed E-state index contributed by atoms with van der Waals surface area (Å²) in [5.74, 6) is -0.932. The van der Waals surface area contributed by atoms with Crippen LogP contribution < -0.4 is 5.32 Å². The van der Waals surface area contributed by atoms with Gasteiger partial charge in [-0.15, -0.1) is 0 Å². The molecule has 0 atom stereocenters. The highest BCUT2D eigenvalue weighted by atomic mass is 79.9. The third kappa shape index (κ3) is 3.68. The van der Waals surface area contributed by atoms with Crippen molar-refractivity contribution in [3.8, 4) is 0 Å². The first-order chi connectivity index (χ1) is 9.06. The first-order valence-corrected chi connectivity index (χ1v) is 6.60. The number of carboxylic acid groups (broad SMARTS) is 1. The van der Waals surface area contributed by atoms with Crippen LogP contribution in [0.3, 0.4) is 0 Å². The number of rotatable bonds is 4. The lowest BCUT2D eigenvalue weighted by Gasteiger charge is -2.08. The van der Waals surface area contributed by atoms with Crippen molar-refractivity contribution < 1.29 is 9.90 Å². The number of hydrogen-bond donors (Lipinski definition) is 2. The number of nitrogens with zero attached hydrogens (tertiary/aromatic N) is 1. The van der Waals surface area contributed by atoms with Gasteiger partial charge in [0.15, 0.2) is 5.15 Å². The van der Waals surface area contributed by atoms with E-state index >= 15 is 0 Å². The second-order valence-corrected chi connectivity index (χ2v) is 5.12. The third-order valence-corrected chi connectivity index (χ3v) is 3.22. The second kappa shape index (κ2) is 6.04. The molecule has 0 saturated heterocycles. The predicted molar refractivity (Wildman–Crippen MR) is 77.7 cm³/mol. The molecule has 0 unspecified atom stereocenters. The zero-order valence-electron chi connectivity index (χ0n) is 9.73. The zero-order chi connectivity index (χ0) is 13.8. The molecular weight excluding hydrogens is 332 g/mol. The summed E-state index contributed by atoms with van der Waals surface area (Å²) >= 11 is 9.28. The van der Waals surface area contributed by atoms with Gasteiger partial charge in [-0.2, -0.15) is 0 Å². The van der Waals surface area contributed by atoms with E-state index in [4.69, 9.17) is 16.7 Å². The number of pyridine rings is 1. The highest BCUT2D eigenvalue weighted by Crippen LogP contribution is 2.23. The largest absolute Gasteiger partial charge is 0.478 e. The molecule has 1 aromatic heterocycles. The van der Waals surface area contributed by atoms with Crippen LogP contribution >= 0.6 is 27.5 Å². The van der Waals surface area contributed by atoms with Crippen molar-refractivity contribution in [3.63, 3.8) is 0 Å². The van der Waals surface area contributed by atoms with Gasteiger partial charge in [0.25, 0.3) is 0 Å². The molecule has 1 aromatic carbocycles. The summed E-state index contributed by atoms with van der Waals surface area (Å²) in [4.78, 5) is 14.7. The van der Waals surface area contributed by atoms with Gasteiger partial charge in [-0.1, -0.05) is 23.7 Å². The minimum atomic E-state index is -0.932. The number of aromatic nitrogens is 1. The van der Waals surface area contributed by atoms with Crippen LogP contribution in [0.1, 0.15) is 15.9 Å². The van der Waals surface area contributed by atoms with Gasteiger partial charge in [-0.05, 0) is 39.7 Å². The summed E-state index contributed by atoms with van der Waals surface area (Å²) in [7, 11) is 0. The topological polar surface area (TPSA) is 62.2 Å². The van der Waals surface area contributed by atoms with Gasteiger partial charge in [0.05, 0.1) is 11.3 Å². The van der Waals surface area contributed by atoms with Crippen molar-refractivity contribution in [2.45, 2.75) is 6.54 Å². The molecule has 0 bridgehead atoms. The molecule has 4 nitrogen and oxygen atoms in total. The minimum absolute atomic E-state index is 0.269. The Morgan fingerprint density at radius 1 is 1.37 bits per heavy atom. The van der Waals surface area contributed by atoms with Crippen molar-refractivity contribution in [1.82, 2.24) is 4.98 Å². The van der Waals surface area contributed by atoms with Crippen LogP contribution in [0.15, 0.2) is 41.0 Å². The highest BCUT2D eigenvalue weighted by molar-refractivity contribution is 9.10. The number of halogens is 2. The molecule has 0 radical (unpaired) electrons. The standard InChI is InChI=1S/C13H10BrClN2O2/c14-10-5-11(12(15)17-7-10)16-6-8-1-3-9(4-2-8)13(18)19/h1-5,7,16H,6H2,(H,18,19).